The number of hydrogen-bond donors (Lipinski definition) is 2. The van der Waals surface area contributed by atoms with Gasteiger partial charge in [-0.05, 0) is 35.9 Å². The van der Waals surface area contributed by atoms with Crippen molar-refractivity contribution in [3.8, 4) is 11.5 Å². The third kappa shape index (κ3) is 4.12. The van der Waals surface area contributed by atoms with Gasteiger partial charge in [-0.1, -0.05) is 6.07 Å². The third-order valence-electron chi connectivity index (χ3n) is 4.38. The van der Waals surface area contributed by atoms with E-state index in [0.717, 1.165) is 4.90 Å². The lowest BCUT2D eigenvalue weighted by Gasteiger charge is -2.25. The molecule has 2 aliphatic rings. The summed E-state index contributed by atoms with van der Waals surface area (Å²) in [4.78, 5) is 24.8. The molecule has 29 heavy (non-hydrogen) atoms. The summed E-state index contributed by atoms with van der Waals surface area (Å²) in [6.45, 7) is 0.553. The number of anilines is 1. The fourth-order valence-corrected chi connectivity index (χ4v) is 3.82. The molecule has 0 aromatic heterocycles. The highest BCUT2D eigenvalue weighted by molar-refractivity contribution is 8.00. The van der Waals surface area contributed by atoms with E-state index < -0.39 is 18.1 Å². The van der Waals surface area contributed by atoms with Gasteiger partial charge in [-0.3, -0.25) is 9.59 Å². The van der Waals surface area contributed by atoms with Gasteiger partial charge in [0.2, 0.25) is 5.91 Å². The van der Waals surface area contributed by atoms with E-state index in [2.05, 4.69) is 5.32 Å². The van der Waals surface area contributed by atoms with Gasteiger partial charge in [-0.2, -0.15) is 13.2 Å². The summed E-state index contributed by atoms with van der Waals surface area (Å²) in [6, 6.07) is 6.01. The molecule has 2 amide bonds. The average molecular weight is 424 g/mol. The number of thioether (sulfide) groups is 1. The van der Waals surface area contributed by atoms with Gasteiger partial charge in [0.05, 0.1) is 11.4 Å². The van der Waals surface area contributed by atoms with Crippen LogP contribution in [0.25, 0.3) is 0 Å². The van der Waals surface area contributed by atoms with Crippen molar-refractivity contribution < 1.29 is 32.2 Å². The molecule has 6 nitrogen and oxygen atoms in total. The Morgan fingerprint density at radius 2 is 1.86 bits per heavy atom. The van der Waals surface area contributed by atoms with Crippen LogP contribution in [0.3, 0.4) is 0 Å². The largest absolute Gasteiger partial charge is 0.486 e. The van der Waals surface area contributed by atoms with Gasteiger partial charge in [0.25, 0.3) is 5.91 Å². The summed E-state index contributed by atoms with van der Waals surface area (Å²) in [6.07, 6.45) is -4.72. The highest BCUT2D eigenvalue weighted by Crippen LogP contribution is 2.38. The highest BCUT2D eigenvalue weighted by Gasteiger charge is 2.42. The number of rotatable bonds is 3. The van der Waals surface area contributed by atoms with Gasteiger partial charge >= 0.3 is 6.18 Å². The molecule has 0 saturated carbocycles. The topological polar surface area (TPSA) is 76.7 Å². The van der Waals surface area contributed by atoms with E-state index in [-0.39, 0.29) is 35.1 Å². The van der Waals surface area contributed by atoms with E-state index in [1.807, 2.05) is 5.32 Å². The van der Waals surface area contributed by atoms with Crippen molar-refractivity contribution in [1.29, 1.82) is 0 Å². The smallest absolute Gasteiger partial charge is 0.412 e. The Kier molecular flexibility index (Phi) is 5.03. The van der Waals surface area contributed by atoms with Gasteiger partial charge in [0, 0.05) is 10.5 Å². The predicted molar refractivity (Wildman–Crippen MR) is 99.5 cm³/mol. The zero-order valence-corrected chi connectivity index (χ0v) is 15.7. The SMILES string of the molecule is O=C1CSc2ccc(C(=O)N[C@H](c3ccc4c(c3)OCCO4)C(F)(F)F)cc2N1. The summed E-state index contributed by atoms with van der Waals surface area (Å²) >= 11 is 1.30. The molecule has 10 heteroatoms. The van der Waals surface area contributed by atoms with Gasteiger partial charge < -0.3 is 20.1 Å². The van der Waals surface area contributed by atoms with Crippen molar-refractivity contribution in [2.24, 2.45) is 0 Å². The molecule has 0 unspecified atom stereocenters. The molecule has 0 bridgehead atoms. The van der Waals surface area contributed by atoms with Crippen LogP contribution in [-0.4, -0.2) is 37.0 Å². The number of ether oxygens (including phenoxy) is 2. The van der Waals surface area contributed by atoms with Crippen molar-refractivity contribution in [2.75, 3.05) is 24.3 Å². The van der Waals surface area contributed by atoms with Gasteiger partial charge in [0.1, 0.15) is 13.2 Å². The van der Waals surface area contributed by atoms with Crippen LogP contribution in [0.15, 0.2) is 41.3 Å². The molecule has 2 N–H and O–H groups in total. The van der Waals surface area contributed by atoms with Crippen molar-refractivity contribution in [2.45, 2.75) is 17.1 Å². The maximum atomic E-state index is 13.7. The number of amides is 2. The van der Waals surface area contributed by atoms with E-state index >= 15 is 0 Å². The molecular formula is C19H15F3N2O4S. The summed E-state index contributed by atoms with van der Waals surface area (Å²) < 4.78 is 51.7. The average Bonchev–Trinajstić information content (AvgIpc) is 2.70. The first-order chi connectivity index (χ1) is 13.8. The highest BCUT2D eigenvalue weighted by atomic mass is 32.2. The Balaban J connectivity index is 1.60. The Morgan fingerprint density at radius 1 is 1.10 bits per heavy atom. The first-order valence-corrected chi connectivity index (χ1v) is 9.63. The fraction of sp³-hybridized carbons (Fsp3) is 0.263. The van der Waals surface area contributed by atoms with Crippen LogP contribution in [0.1, 0.15) is 22.0 Å². The number of halogens is 3. The van der Waals surface area contributed by atoms with Crippen LogP contribution in [0, 0.1) is 0 Å². The first-order valence-electron chi connectivity index (χ1n) is 8.65. The number of fused-ring (bicyclic) bond motifs is 2. The number of hydrogen-bond acceptors (Lipinski definition) is 5. The summed E-state index contributed by atoms with van der Waals surface area (Å²) in [5, 5.41) is 4.65. The second-order valence-electron chi connectivity index (χ2n) is 6.40. The van der Waals surface area contributed by atoms with Crippen LogP contribution in [0.2, 0.25) is 0 Å². The van der Waals surface area contributed by atoms with Gasteiger partial charge in [-0.25, -0.2) is 0 Å². The van der Waals surface area contributed by atoms with Crippen molar-refractivity contribution in [3.63, 3.8) is 0 Å². The van der Waals surface area contributed by atoms with Crippen molar-refractivity contribution in [3.05, 3.63) is 47.5 Å². The van der Waals surface area contributed by atoms with Crippen molar-refractivity contribution in [1.82, 2.24) is 5.32 Å². The Hall–Kier alpha value is -2.88. The Morgan fingerprint density at radius 3 is 2.62 bits per heavy atom. The molecule has 0 spiro atoms. The lowest BCUT2D eigenvalue weighted by atomic mass is 10.0. The minimum Gasteiger partial charge on any atom is -0.486 e. The van der Waals surface area contributed by atoms with Gasteiger partial charge in [0.15, 0.2) is 17.5 Å². The third-order valence-corrected chi connectivity index (χ3v) is 5.45. The lowest BCUT2D eigenvalue weighted by Crippen LogP contribution is -2.38. The zero-order chi connectivity index (χ0) is 20.6. The van der Waals surface area contributed by atoms with Crippen LogP contribution < -0.4 is 20.1 Å². The molecule has 0 aliphatic carbocycles. The normalized spacial score (nSPS) is 16.4. The fourth-order valence-electron chi connectivity index (χ4n) is 3.03. The molecule has 1 atom stereocenters. The number of carbonyl (C=O) groups excluding carboxylic acids is 2. The number of carbonyl (C=O) groups is 2. The van der Waals surface area contributed by atoms with E-state index in [1.54, 1.807) is 6.07 Å². The van der Waals surface area contributed by atoms with E-state index in [4.69, 9.17) is 9.47 Å². The number of benzene rings is 2. The molecule has 0 saturated heterocycles. The monoisotopic (exact) mass is 424 g/mol. The second-order valence-corrected chi connectivity index (χ2v) is 7.42. The molecule has 2 aromatic rings. The molecule has 152 valence electrons. The molecule has 2 aliphatic heterocycles. The summed E-state index contributed by atoms with van der Waals surface area (Å²) in [7, 11) is 0. The minimum atomic E-state index is -4.72. The molecule has 2 heterocycles. The van der Waals surface area contributed by atoms with Crippen LogP contribution >= 0.6 is 11.8 Å². The maximum Gasteiger partial charge on any atom is 0.412 e. The molecular weight excluding hydrogens is 409 g/mol. The summed E-state index contributed by atoms with van der Waals surface area (Å²) in [5.41, 5.74) is 0.247. The number of nitrogens with one attached hydrogen (secondary N) is 2. The molecule has 0 radical (unpaired) electrons. The Bertz CT molecular complexity index is 980. The standard InChI is InChI=1S/C19H15F3N2O4S/c20-19(21,22)17(10-1-3-13-14(8-10)28-6-5-27-13)24-18(26)11-2-4-15-12(7-11)23-16(25)9-29-15/h1-4,7-8,17H,5-6,9H2,(H,23,25)(H,24,26)/t17-/m1/s1. The predicted octanol–water partition coefficient (Wildman–Crippen LogP) is 3.54. The van der Waals surface area contributed by atoms with Gasteiger partial charge in [-0.15, -0.1) is 11.8 Å². The Labute approximate surface area is 167 Å². The quantitative estimate of drug-likeness (QED) is 0.789. The van der Waals surface area contributed by atoms with Crippen LogP contribution in [0.4, 0.5) is 18.9 Å². The van der Waals surface area contributed by atoms with E-state index in [9.17, 15) is 22.8 Å². The number of alkyl halides is 3. The maximum absolute atomic E-state index is 13.7. The zero-order valence-electron chi connectivity index (χ0n) is 14.8. The molecule has 2 aromatic carbocycles. The first kappa shape index (κ1) is 19.4. The van der Waals surface area contributed by atoms with Crippen molar-refractivity contribution >= 4 is 29.3 Å². The molecule has 4 rings (SSSR count). The van der Waals surface area contributed by atoms with E-state index in [0.29, 0.717) is 18.0 Å². The molecule has 0 fully saturated rings. The van der Waals surface area contributed by atoms with Crippen LogP contribution in [0.5, 0.6) is 11.5 Å². The van der Waals surface area contributed by atoms with Crippen LogP contribution in [-0.2, 0) is 4.79 Å². The van der Waals surface area contributed by atoms with E-state index in [1.165, 1.54) is 42.1 Å². The lowest BCUT2D eigenvalue weighted by molar-refractivity contribution is -0.155. The second kappa shape index (κ2) is 7.51. The minimum absolute atomic E-state index is 0.0124. The summed E-state index contributed by atoms with van der Waals surface area (Å²) in [5.74, 6) is -0.334.